The molecule has 0 radical (unpaired) electrons. The third-order valence-electron chi connectivity index (χ3n) is 2.72. The number of ether oxygens (including phenoxy) is 1. The Labute approximate surface area is 76.6 Å². The Morgan fingerprint density at radius 1 is 1.08 bits per heavy atom. The van der Waals surface area contributed by atoms with Gasteiger partial charge in [-0.05, 0) is 25.9 Å². The van der Waals surface area contributed by atoms with Crippen LogP contribution in [0.4, 0.5) is 8.78 Å². The van der Waals surface area contributed by atoms with Crippen LogP contribution >= 0.6 is 0 Å². The molecule has 0 bridgehead atoms. The Balaban J connectivity index is 1.68. The molecule has 0 aromatic rings. The molecule has 1 aliphatic heterocycles. The van der Waals surface area contributed by atoms with Crippen LogP contribution in [0, 0.1) is 0 Å². The topological polar surface area (TPSA) is 21.3 Å². The van der Waals surface area contributed by atoms with Crippen molar-refractivity contribution < 1.29 is 13.5 Å². The molecule has 76 valence electrons. The van der Waals surface area contributed by atoms with Gasteiger partial charge in [-0.2, -0.15) is 0 Å². The lowest BCUT2D eigenvalue weighted by Crippen LogP contribution is -2.45. The predicted octanol–water partition coefficient (Wildman–Crippen LogP) is 1.55. The van der Waals surface area contributed by atoms with Crippen LogP contribution in [0.25, 0.3) is 0 Å². The van der Waals surface area contributed by atoms with E-state index in [4.69, 9.17) is 4.74 Å². The minimum Gasteiger partial charge on any atom is -0.374 e. The zero-order chi connectivity index (χ0) is 9.31. The van der Waals surface area contributed by atoms with Crippen LogP contribution in [0.15, 0.2) is 0 Å². The highest BCUT2D eigenvalue weighted by Crippen LogP contribution is 2.40. The maximum absolute atomic E-state index is 12.5. The zero-order valence-corrected chi connectivity index (χ0v) is 7.56. The molecule has 0 spiro atoms. The average molecular weight is 191 g/mol. The Kier molecular flexibility index (Phi) is 2.51. The molecule has 0 amide bonds. The molecule has 0 aromatic carbocycles. The van der Waals surface area contributed by atoms with Gasteiger partial charge >= 0.3 is 0 Å². The number of hydrogen-bond acceptors (Lipinski definition) is 2. The third kappa shape index (κ3) is 2.38. The number of rotatable bonds is 2. The lowest BCUT2D eigenvalue weighted by atomic mass is 9.90. The summed E-state index contributed by atoms with van der Waals surface area (Å²) >= 11 is 0. The smallest absolute Gasteiger partial charge is 0.253 e. The van der Waals surface area contributed by atoms with Crippen LogP contribution in [-0.2, 0) is 4.74 Å². The number of alkyl halides is 2. The van der Waals surface area contributed by atoms with Crippen molar-refractivity contribution in [3.63, 3.8) is 0 Å². The maximum atomic E-state index is 12.5. The largest absolute Gasteiger partial charge is 0.374 e. The van der Waals surface area contributed by atoms with Crippen molar-refractivity contribution in [3.8, 4) is 0 Å². The fourth-order valence-electron chi connectivity index (χ4n) is 1.91. The average Bonchev–Trinajstić information content (AvgIpc) is 2.03. The van der Waals surface area contributed by atoms with Crippen LogP contribution in [0.2, 0.25) is 0 Å². The second-order valence-electron chi connectivity index (χ2n) is 3.97. The van der Waals surface area contributed by atoms with Crippen molar-refractivity contribution in [2.45, 2.75) is 43.8 Å². The van der Waals surface area contributed by atoms with E-state index in [0.29, 0.717) is 0 Å². The lowest BCUT2D eigenvalue weighted by Gasteiger charge is -2.38. The van der Waals surface area contributed by atoms with Gasteiger partial charge in [0.05, 0.1) is 12.2 Å². The molecule has 0 aromatic heterocycles. The Morgan fingerprint density at radius 2 is 1.69 bits per heavy atom. The van der Waals surface area contributed by atoms with Gasteiger partial charge in [0, 0.05) is 12.8 Å². The van der Waals surface area contributed by atoms with Crippen molar-refractivity contribution in [3.05, 3.63) is 0 Å². The highest BCUT2D eigenvalue weighted by molar-refractivity contribution is 4.88. The minimum absolute atomic E-state index is 0.0725. The monoisotopic (exact) mass is 191 g/mol. The maximum Gasteiger partial charge on any atom is 0.253 e. The molecule has 1 aliphatic carbocycles. The van der Waals surface area contributed by atoms with Crippen molar-refractivity contribution in [1.82, 2.24) is 5.32 Å². The van der Waals surface area contributed by atoms with E-state index in [1.807, 2.05) is 0 Å². The van der Waals surface area contributed by atoms with Gasteiger partial charge in [0.15, 0.2) is 0 Å². The van der Waals surface area contributed by atoms with Crippen molar-refractivity contribution in [2.24, 2.45) is 0 Å². The summed E-state index contributed by atoms with van der Waals surface area (Å²) in [7, 11) is 0. The third-order valence-corrected chi connectivity index (χ3v) is 2.72. The first-order valence-corrected chi connectivity index (χ1v) is 4.90. The van der Waals surface area contributed by atoms with Crippen molar-refractivity contribution in [1.29, 1.82) is 0 Å². The van der Waals surface area contributed by atoms with Crippen molar-refractivity contribution >= 4 is 0 Å². The van der Waals surface area contributed by atoms with E-state index in [9.17, 15) is 8.78 Å². The van der Waals surface area contributed by atoms with E-state index in [1.165, 1.54) is 0 Å². The van der Waals surface area contributed by atoms with Gasteiger partial charge in [0.25, 0.3) is 5.92 Å². The zero-order valence-electron chi connectivity index (χ0n) is 7.56. The van der Waals surface area contributed by atoms with E-state index < -0.39 is 5.92 Å². The first kappa shape index (κ1) is 9.34. The van der Waals surface area contributed by atoms with E-state index in [-0.39, 0.29) is 25.0 Å². The first-order chi connectivity index (χ1) is 6.16. The Morgan fingerprint density at radius 3 is 2.23 bits per heavy atom. The summed E-state index contributed by atoms with van der Waals surface area (Å²) in [4.78, 5) is 0. The van der Waals surface area contributed by atoms with Gasteiger partial charge in [-0.25, -0.2) is 8.78 Å². The molecule has 4 heteroatoms. The van der Waals surface area contributed by atoms with Crippen LogP contribution < -0.4 is 5.32 Å². The van der Waals surface area contributed by atoms with Crippen molar-refractivity contribution in [2.75, 3.05) is 13.1 Å². The standard InChI is InChI=1S/C9H15F2NO/c10-9(11)5-8(6-9)13-7-1-3-12-4-2-7/h7-8,12H,1-6H2. The first-order valence-electron chi connectivity index (χ1n) is 4.90. The van der Waals surface area contributed by atoms with Crippen LogP contribution in [0.5, 0.6) is 0 Å². The highest BCUT2D eigenvalue weighted by Gasteiger charge is 2.46. The predicted molar refractivity (Wildman–Crippen MR) is 44.9 cm³/mol. The molecule has 1 N–H and O–H groups in total. The molecule has 1 saturated carbocycles. The molecule has 2 aliphatic rings. The van der Waals surface area contributed by atoms with Crippen LogP contribution in [0.1, 0.15) is 25.7 Å². The Hall–Kier alpha value is -0.220. The summed E-state index contributed by atoms with van der Waals surface area (Å²) in [6, 6.07) is 0. The van der Waals surface area contributed by atoms with Gasteiger partial charge in [-0.3, -0.25) is 0 Å². The lowest BCUT2D eigenvalue weighted by molar-refractivity contribution is -0.184. The van der Waals surface area contributed by atoms with E-state index >= 15 is 0 Å². The number of piperidine rings is 1. The van der Waals surface area contributed by atoms with Gasteiger partial charge in [0.2, 0.25) is 0 Å². The summed E-state index contributed by atoms with van der Waals surface area (Å²) in [6.45, 7) is 1.90. The summed E-state index contributed by atoms with van der Waals surface area (Å²) in [5.74, 6) is -2.45. The summed E-state index contributed by atoms with van der Waals surface area (Å²) in [5, 5.41) is 3.21. The fourth-order valence-corrected chi connectivity index (χ4v) is 1.91. The van der Waals surface area contributed by atoms with Gasteiger partial charge in [0.1, 0.15) is 0 Å². The van der Waals surface area contributed by atoms with E-state index in [1.54, 1.807) is 0 Å². The fraction of sp³-hybridized carbons (Fsp3) is 1.00. The highest BCUT2D eigenvalue weighted by atomic mass is 19.3. The van der Waals surface area contributed by atoms with Crippen LogP contribution in [-0.4, -0.2) is 31.2 Å². The quantitative estimate of drug-likeness (QED) is 0.715. The SMILES string of the molecule is FC1(F)CC(OC2CCNCC2)C1. The number of nitrogens with one attached hydrogen (secondary N) is 1. The molecule has 1 heterocycles. The van der Waals surface area contributed by atoms with Gasteiger partial charge in [-0.1, -0.05) is 0 Å². The number of halogens is 2. The van der Waals surface area contributed by atoms with Gasteiger partial charge < -0.3 is 10.1 Å². The molecular weight excluding hydrogens is 176 g/mol. The molecular formula is C9H15F2NO. The molecule has 13 heavy (non-hydrogen) atoms. The second kappa shape index (κ2) is 3.50. The molecule has 1 saturated heterocycles. The second-order valence-corrected chi connectivity index (χ2v) is 3.97. The number of hydrogen-bond donors (Lipinski definition) is 1. The van der Waals surface area contributed by atoms with Gasteiger partial charge in [-0.15, -0.1) is 0 Å². The molecule has 0 unspecified atom stereocenters. The van der Waals surface area contributed by atoms with E-state index in [2.05, 4.69) is 5.32 Å². The van der Waals surface area contributed by atoms with Crippen LogP contribution in [0.3, 0.4) is 0 Å². The summed E-state index contributed by atoms with van der Waals surface area (Å²) < 4.78 is 30.4. The Bertz CT molecular complexity index is 172. The summed E-state index contributed by atoms with van der Waals surface area (Å²) in [5.41, 5.74) is 0. The minimum atomic E-state index is -2.45. The molecule has 0 atom stereocenters. The molecule has 2 fully saturated rings. The molecule has 2 rings (SSSR count). The van der Waals surface area contributed by atoms with E-state index in [0.717, 1.165) is 25.9 Å². The summed E-state index contributed by atoms with van der Waals surface area (Å²) in [6.07, 6.45) is 1.80. The molecule has 2 nitrogen and oxygen atoms in total. The normalized spacial score (nSPS) is 30.0.